The molecule has 0 amide bonds. The van der Waals surface area contributed by atoms with E-state index in [4.69, 9.17) is 9.47 Å². The number of rotatable bonds is 9. The number of methoxy groups -OCH3 is 1. The average molecular weight is 377 g/mol. The van der Waals surface area contributed by atoms with Crippen LogP contribution in [0.2, 0.25) is 0 Å². The van der Waals surface area contributed by atoms with Crippen molar-refractivity contribution in [2.75, 3.05) is 27.3 Å². The molecule has 0 saturated carbocycles. The second kappa shape index (κ2) is 11.1. The lowest BCUT2D eigenvalue weighted by molar-refractivity contribution is 0.119. The number of guanidine groups is 1. The lowest BCUT2D eigenvalue weighted by Crippen LogP contribution is -2.37. The predicted octanol–water partition coefficient (Wildman–Crippen LogP) is 3.25. The van der Waals surface area contributed by atoms with E-state index in [2.05, 4.69) is 15.6 Å². The van der Waals surface area contributed by atoms with Crippen LogP contribution in [0.25, 0.3) is 0 Å². The predicted molar refractivity (Wildman–Crippen MR) is 102 cm³/mol. The quantitative estimate of drug-likeness (QED) is 0.400. The van der Waals surface area contributed by atoms with E-state index in [1.807, 2.05) is 24.3 Å². The van der Waals surface area contributed by atoms with Gasteiger partial charge in [0.1, 0.15) is 17.4 Å². The third kappa shape index (κ3) is 7.22. The van der Waals surface area contributed by atoms with Crippen LogP contribution in [0.15, 0.2) is 47.5 Å². The van der Waals surface area contributed by atoms with Crippen molar-refractivity contribution >= 4 is 5.96 Å². The Kier molecular flexibility index (Phi) is 8.51. The molecular formula is C20H25F2N3O2. The zero-order chi connectivity index (χ0) is 19.5. The number of ether oxygens (including phenoxy) is 2. The summed E-state index contributed by atoms with van der Waals surface area (Å²) in [5.74, 6) is 0.421. The van der Waals surface area contributed by atoms with Gasteiger partial charge in [-0.05, 0) is 42.3 Å². The summed E-state index contributed by atoms with van der Waals surface area (Å²) in [4.78, 5) is 4.06. The van der Waals surface area contributed by atoms with Crippen molar-refractivity contribution in [3.8, 4) is 5.75 Å². The fourth-order valence-corrected chi connectivity index (χ4v) is 2.37. The van der Waals surface area contributed by atoms with Gasteiger partial charge in [0.15, 0.2) is 5.96 Å². The van der Waals surface area contributed by atoms with Crippen LogP contribution in [0.3, 0.4) is 0 Å². The Labute approximate surface area is 158 Å². The van der Waals surface area contributed by atoms with Crippen molar-refractivity contribution in [1.82, 2.24) is 10.6 Å². The van der Waals surface area contributed by atoms with E-state index in [0.29, 0.717) is 25.7 Å². The van der Waals surface area contributed by atoms with Gasteiger partial charge in [0.05, 0.1) is 13.7 Å². The summed E-state index contributed by atoms with van der Waals surface area (Å²) in [5, 5.41) is 6.07. The first kappa shape index (κ1) is 20.6. The minimum atomic E-state index is -0.467. The molecule has 0 unspecified atom stereocenters. The smallest absolute Gasteiger partial charge is 0.191 e. The summed E-state index contributed by atoms with van der Waals surface area (Å²) >= 11 is 0. The molecular weight excluding hydrogens is 352 g/mol. The molecule has 0 bridgehead atoms. The summed E-state index contributed by atoms with van der Waals surface area (Å²) in [6, 6.07) is 11.1. The van der Waals surface area contributed by atoms with E-state index < -0.39 is 11.6 Å². The summed E-state index contributed by atoms with van der Waals surface area (Å²) < 4.78 is 37.5. The standard InChI is InChI=1S/C20H25F2N3O2/c1-23-20(25-13-16-12-17(21)6-9-19(16)22)24-10-3-11-27-14-15-4-7-18(26-2)8-5-15/h4-9,12H,3,10-11,13-14H2,1-2H3,(H2,23,24,25). The molecule has 0 spiro atoms. The maximum absolute atomic E-state index is 13.6. The highest BCUT2D eigenvalue weighted by Crippen LogP contribution is 2.12. The molecule has 5 nitrogen and oxygen atoms in total. The summed E-state index contributed by atoms with van der Waals surface area (Å²) in [6.45, 7) is 1.93. The van der Waals surface area contributed by atoms with E-state index in [0.717, 1.165) is 29.9 Å². The normalized spacial score (nSPS) is 11.3. The Morgan fingerprint density at radius 3 is 2.56 bits per heavy atom. The van der Waals surface area contributed by atoms with Crippen molar-refractivity contribution in [1.29, 1.82) is 0 Å². The van der Waals surface area contributed by atoms with Crippen LogP contribution < -0.4 is 15.4 Å². The van der Waals surface area contributed by atoms with Crippen LogP contribution in [-0.4, -0.2) is 33.3 Å². The Bertz CT molecular complexity index is 737. The lowest BCUT2D eigenvalue weighted by atomic mass is 10.2. The van der Waals surface area contributed by atoms with Crippen LogP contribution in [0.5, 0.6) is 5.75 Å². The number of nitrogens with zero attached hydrogens (tertiary/aromatic N) is 1. The van der Waals surface area contributed by atoms with E-state index in [-0.39, 0.29) is 12.1 Å². The van der Waals surface area contributed by atoms with Gasteiger partial charge in [0, 0.05) is 32.3 Å². The molecule has 0 radical (unpaired) electrons. The first-order valence-corrected chi connectivity index (χ1v) is 8.71. The van der Waals surface area contributed by atoms with Gasteiger partial charge in [-0.3, -0.25) is 4.99 Å². The summed E-state index contributed by atoms with van der Waals surface area (Å²) in [6.07, 6.45) is 0.783. The Hall–Kier alpha value is -2.67. The summed E-state index contributed by atoms with van der Waals surface area (Å²) in [5.41, 5.74) is 1.33. The third-order valence-corrected chi connectivity index (χ3v) is 3.86. The van der Waals surface area contributed by atoms with Crippen molar-refractivity contribution in [3.05, 3.63) is 65.2 Å². The first-order chi connectivity index (χ1) is 13.1. The molecule has 2 aromatic rings. The molecule has 7 heteroatoms. The van der Waals surface area contributed by atoms with Crippen LogP contribution >= 0.6 is 0 Å². The zero-order valence-electron chi connectivity index (χ0n) is 15.6. The van der Waals surface area contributed by atoms with Crippen LogP contribution in [0.4, 0.5) is 8.78 Å². The van der Waals surface area contributed by atoms with E-state index in [1.54, 1.807) is 14.2 Å². The van der Waals surface area contributed by atoms with Gasteiger partial charge in [-0.1, -0.05) is 12.1 Å². The van der Waals surface area contributed by atoms with Gasteiger partial charge >= 0.3 is 0 Å². The number of hydrogen-bond donors (Lipinski definition) is 2. The minimum absolute atomic E-state index is 0.150. The lowest BCUT2D eigenvalue weighted by Gasteiger charge is -2.12. The van der Waals surface area contributed by atoms with Gasteiger partial charge in [-0.25, -0.2) is 8.78 Å². The molecule has 2 N–H and O–H groups in total. The van der Waals surface area contributed by atoms with E-state index in [9.17, 15) is 8.78 Å². The van der Waals surface area contributed by atoms with Gasteiger partial charge in [0.2, 0.25) is 0 Å². The molecule has 0 heterocycles. The fraction of sp³-hybridized carbons (Fsp3) is 0.350. The molecule has 27 heavy (non-hydrogen) atoms. The topological polar surface area (TPSA) is 54.9 Å². The first-order valence-electron chi connectivity index (χ1n) is 8.71. The Morgan fingerprint density at radius 1 is 1.07 bits per heavy atom. The van der Waals surface area contributed by atoms with Crippen molar-refractivity contribution < 1.29 is 18.3 Å². The van der Waals surface area contributed by atoms with Crippen LogP contribution in [-0.2, 0) is 17.9 Å². The average Bonchev–Trinajstić information content (AvgIpc) is 2.69. The van der Waals surface area contributed by atoms with Gasteiger partial charge in [-0.2, -0.15) is 0 Å². The third-order valence-electron chi connectivity index (χ3n) is 3.86. The highest BCUT2D eigenvalue weighted by Gasteiger charge is 2.05. The minimum Gasteiger partial charge on any atom is -0.497 e. The number of aliphatic imine (C=N–C) groups is 1. The van der Waals surface area contributed by atoms with Crippen LogP contribution in [0, 0.1) is 11.6 Å². The fourth-order valence-electron chi connectivity index (χ4n) is 2.37. The highest BCUT2D eigenvalue weighted by molar-refractivity contribution is 5.79. The van der Waals surface area contributed by atoms with Gasteiger partial charge in [-0.15, -0.1) is 0 Å². The molecule has 146 valence electrons. The molecule has 2 rings (SSSR count). The molecule has 0 aliphatic heterocycles. The second-order valence-corrected chi connectivity index (χ2v) is 5.84. The molecule has 0 saturated heterocycles. The zero-order valence-corrected chi connectivity index (χ0v) is 15.6. The van der Waals surface area contributed by atoms with E-state index >= 15 is 0 Å². The summed E-state index contributed by atoms with van der Waals surface area (Å²) in [7, 11) is 3.26. The maximum atomic E-state index is 13.6. The highest BCUT2D eigenvalue weighted by atomic mass is 19.1. The monoisotopic (exact) mass is 377 g/mol. The van der Waals surface area contributed by atoms with Gasteiger partial charge in [0.25, 0.3) is 0 Å². The van der Waals surface area contributed by atoms with Crippen molar-refractivity contribution in [2.24, 2.45) is 4.99 Å². The van der Waals surface area contributed by atoms with E-state index in [1.165, 1.54) is 6.07 Å². The van der Waals surface area contributed by atoms with Crippen molar-refractivity contribution in [2.45, 2.75) is 19.6 Å². The van der Waals surface area contributed by atoms with Crippen LogP contribution in [0.1, 0.15) is 17.5 Å². The number of hydrogen-bond acceptors (Lipinski definition) is 3. The largest absolute Gasteiger partial charge is 0.497 e. The maximum Gasteiger partial charge on any atom is 0.191 e. The van der Waals surface area contributed by atoms with Gasteiger partial charge < -0.3 is 20.1 Å². The second-order valence-electron chi connectivity index (χ2n) is 5.84. The molecule has 0 aliphatic carbocycles. The number of halogens is 2. The Balaban J connectivity index is 1.62. The molecule has 2 aromatic carbocycles. The molecule has 0 fully saturated rings. The number of benzene rings is 2. The Morgan fingerprint density at radius 2 is 1.85 bits per heavy atom. The number of nitrogens with one attached hydrogen (secondary N) is 2. The molecule has 0 atom stereocenters. The molecule has 0 aromatic heterocycles. The molecule has 0 aliphatic rings. The van der Waals surface area contributed by atoms with Crippen molar-refractivity contribution in [3.63, 3.8) is 0 Å². The SMILES string of the molecule is CN=C(NCCCOCc1ccc(OC)cc1)NCc1cc(F)ccc1F.